The van der Waals surface area contributed by atoms with E-state index in [-0.39, 0.29) is 6.04 Å². The van der Waals surface area contributed by atoms with Crippen LogP contribution in [0.5, 0.6) is 5.75 Å². The fourth-order valence-corrected chi connectivity index (χ4v) is 3.28. The molecular weight excluding hydrogens is 289 g/mol. The number of hydrogen-bond acceptors (Lipinski definition) is 3. The molecule has 1 atom stereocenters. The molecule has 0 saturated carbocycles. The molecule has 0 amide bonds. The van der Waals surface area contributed by atoms with Gasteiger partial charge in [-0.2, -0.15) is 0 Å². The minimum absolute atomic E-state index is 0.0451. The van der Waals surface area contributed by atoms with Crippen LogP contribution in [-0.2, 0) is 0 Å². The maximum Gasteiger partial charge on any atom is 0.129 e. The summed E-state index contributed by atoms with van der Waals surface area (Å²) >= 11 is 13.8. The smallest absolute Gasteiger partial charge is 0.129 e. The summed E-state index contributed by atoms with van der Waals surface area (Å²) in [4.78, 5) is 1.15. The molecule has 1 N–H and O–H groups in total. The molecule has 0 spiro atoms. The van der Waals surface area contributed by atoms with Gasteiger partial charge >= 0.3 is 0 Å². The van der Waals surface area contributed by atoms with Crippen molar-refractivity contribution >= 4 is 34.5 Å². The van der Waals surface area contributed by atoms with E-state index in [1.165, 1.54) is 0 Å². The molecule has 1 heterocycles. The maximum absolute atomic E-state index is 6.24. The van der Waals surface area contributed by atoms with Crippen LogP contribution >= 0.6 is 34.5 Å². The first-order valence-corrected chi connectivity index (χ1v) is 7.04. The second-order valence-electron chi connectivity index (χ2n) is 3.78. The SMILES string of the molecule is CNC(c1cc(OC)cs1)c1ccc(Cl)cc1Cl. The quantitative estimate of drug-likeness (QED) is 0.905. The van der Waals surface area contributed by atoms with E-state index in [1.807, 2.05) is 30.6 Å². The largest absolute Gasteiger partial charge is 0.496 e. The molecule has 2 rings (SSSR count). The summed E-state index contributed by atoms with van der Waals surface area (Å²) in [5, 5.41) is 6.54. The van der Waals surface area contributed by atoms with Gasteiger partial charge in [-0.15, -0.1) is 11.3 Å². The second-order valence-corrected chi connectivity index (χ2v) is 5.56. The molecule has 0 radical (unpaired) electrons. The zero-order valence-electron chi connectivity index (χ0n) is 10.0. The van der Waals surface area contributed by atoms with Crippen molar-refractivity contribution in [3.8, 4) is 5.75 Å². The fourth-order valence-electron chi connectivity index (χ4n) is 1.78. The topological polar surface area (TPSA) is 21.3 Å². The van der Waals surface area contributed by atoms with Gasteiger partial charge in [0, 0.05) is 20.3 Å². The van der Waals surface area contributed by atoms with Crippen molar-refractivity contribution in [2.75, 3.05) is 14.2 Å². The van der Waals surface area contributed by atoms with E-state index >= 15 is 0 Å². The van der Waals surface area contributed by atoms with Gasteiger partial charge in [-0.3, -0.25) is 0 Å². The van der Waals surface area contributed by atoms with Crippen LogP contribution in [0.1, 0.15) is 16.5 Å². The summed E-state index contributed by atoms with van der Waals surface area (Å²) in [7, 11) is 3.57. The predicted octanol–water partition coefficient (Wildman–Crippen LogP) is 4.37. The van der Waals surface area contributed by atoms with Gasteiger partial charge in [-0.1, -0.05) is 29.3 Å². The van der Waals surface area contributed by atoms with Crippen molar-refractivity contribution in [1.82, 2.24) is 5.32 Å². The molecule has 18 heavy (non-hydrogen) atoms. The van der Waals surface area contributed by atoms with Crippen molar-refractivity contribution in [3.05, 3.63) is 50.1 Å². The molecule has 1 aromatic heterocycles. The van der Waals surface area contributed by atoms with Crippen LogP contribution in [0.25, 0.3) is 0 Å². The van der Waals surface area contributed by atoms with E-state index in [4.69, 9.17) is 27.9 Å². The Kier molecular flexibility index (Phi) is 4.51. The van der Waals surface area contributed by atoms with Gasteiger partial charge in [0.05, 0.1) is 13.2 Å². The summed E-state index contributed by atoms with van der Waals surface area (Å²) < 4.78 is 5.20. The highest BCUT2D eigenvalue weighted by molar-refractivity contribution is 7.10. The monoisotopic (exact) mass is 301 g/mol. The van der Waals surface area contributed by atoms with Gasteiger partial charge in [-0.25, -0.2) is 0 Å². The Balaban J connectivity index is 2.38. The highest BCUT2D eigenvalue weighted by atomic mass is 35.5. The third kappa shape index (κ3) is 2.81. The molecule has 1 unspecified atom stereocenters. The average Bonchev–Trinajstić information content (AvgIpc) is 2.81. The van der Waals surface area contributed by atoms with E-state index in [1.54, 1.807) is 24.5 Å². The summed E-state index contributed by atoms with van der Waals surface area (Å²) in [5.41, 5.74) is 1.01. The van der Waals surface area contributed by atoms with Gasteiger partial charge in [-0.05, 0) is 30.8 Å². The van der Waals surface area contributed by atoms with Crippen LogP contribution in [0, 0.1) is 0 Å². The Bertz CT molecular complexity index is 542. The van der Waals surface area contributed by atoms with E-state index in [0.717, 1.165) is 16.2 Å². The maximum atomic E-state index is 6.24. The van der Waals surface area contributed by atoms with Crippen LogP contribution in [0.3, 0.4) is 0 Å². The van der Waals surface area contributed by atoms with Crippen LogP contribution in [-0.4, -0.2) is 14.2 Å². The number of benzene rings is 1. The molecule has 0 aliphatic heterocycles. The molecule has 2 aromatic rings. The van der Waals surface area contributed by atoms with E-state index in [0.29, 0.717) is 10.0 Å². The number of rotatable bonds is 4. The Labute approximate surface area is 120 Å². The van der Waals surface area contributed by atoms with Gasteiger partial charge < -0.3 is 10.1 Å². The average molecular weight is 302 g/mol. The lowest BCUT2D eigenvalue weighted by Gasteiger charge is -2.16. The van der Waals surface area contributed by atoms with Crippen LogP contribution < -0.4 is 10.1 Å². The standard InChI is InChI=1S/C13H13Cl2NOS/c1-16-13(12-6-9(17-2)7-18-12)10-4-3-8(14)5-11(10)15/h3-7,13,16H,1-2H3. The fraction of sp³-hybridized carbons (Fsp3) is 0.231. The molecule has 5 heteroatoms. The third-order valence-electron chi connectivity index (χ3n) is 2.68. The lowest BCUT2D eigenvalue weighted by molar-refractivity contribution is 0.416. The second kappa shape index (κ2) is 5.93. The summed E-state index contributed by atoms with van der Waals surface area (Å²) in [6.45, 7) is 0. The zero-order chi connectivity index (χ0) is 13.1. The Hall–Kier alpha value is -0.740. The summed E-state index contributed by atoms with van der Waals surface area (Å²) in [5.74, 6) is 0.861. The first-order valence-electron chi connectivity index (χ1n) is 5.40. The number of methoxy groups -OCH3 is 1. The molecule has 1 aromatic carbocycles. The minimum Gasteiger partial charge on any atom is -0.496 e. The molecule has 0 bridgehead atoms. The molecule has 0 aliphatic rings. The van der Waals surface area contributed by atoms with Crippen LogP contribution in [0.4, 0.5) is 0 Å². The number of thiophene rings is 1. The predicted molar refractivity (Wildman–Crippen MR) is 78.2 cm³/mol. The molecule has 96 valence electrons. The zero-order valence-corrected chi connectivity index (χ0v) is 12.4. The number of nitrogens with one attached hydrogen (secondary N) is 1. The van der Waals surface area contributed by atoms with Gasteiger partial charge in [0.25, 0.3) is 0 Å². The van der Waals surface area contributed by atoms with E-state index in [9.17, 15) is 0 Å². The lowest BCUT2D eigenvalue weighted by atomic mass is 10.1. The molecule has 2 nitrogen and oxygen atoms in total. The lowest BCUT2D eigenvalue weighted by Crippen LogP contribution is -2.16. The molecule has 0 aliphatic carbocycles. The van der Waals surface area contributed by atoms with Gasteiger partial charge in [0.2, 0.25) is 0 Å². The first-order chi connectivity index (χ1) is 8.65. The minimum atomic E-state index is 0.0451. The van der Waals surface area contributed by atoms with Crippen molar-refractivity contribution < 1.29 is 4.74 Å². The number of ether oxygens (including phenoxy) is 1. The molecular formula is C13H13Cl2NOS. The first kappa shape index (κ1) is 13.7. The summed E-state index contributed by atoms with van der Waals surface area (Å²) in [6.07, 6.45) is 0. The third-order valence-corrected chi connectivity index (χ3v) is 4.22. The Morgan fingerprint density at radius 2 is 2.06 bits per heavy atom. The molecule has 0 saturated heterocycles. The van der Waals surface area contributed by atoms with Crippen molar-refractivity contribution in [2.45, 2.75) is 6.04 Å². The van der Waals surface area contributed by atoms with Crippen molar-refractivity contribution in [2.24, 2.45) is 0 Å². The number of halogens is 2. The van der Waals surface area contributed by atoms with Crippen LogP contribution in [0.15, 0.2) is 29.6 Å². The Morgan fingerprint density at radius 1 is 1.28 bits per heavy atom. The normalized spacial score (nSPS) is 12.4. The molecule has 0 fully saturated rings. The van der Waals surface area contributed by atoms with Gasteiger partial charge in [0.15, 0.2) is 0 Å². The van der Waals surface area contributed by atoms with E-state index in [2.05, 4.69) is 5.32 Å². The van der Waals surface area contributed by atoms with Gasteiger partial charge in [0.1, 0.15) is 5.75 Å². The summed E-state index contributed by atoms with van der Waals surface area (Å²) in [6, 6.07) is 7.60. The van der Waals surface area contributed by atoms with Crippen LogP contribution in [0.2, 0.25) is 10.0 Å². The highest BCUT2D eigenvalue weighted by Gasteiger charge is 2.17. The van der Waals surface area contributed by atoms with Crippen molar-refractivity contribution in [1.29, 1.82) is 0 Å². The highest BCUT2D eigenvalue weighted by Crippen LogP contribution is 2.34. The Morgan fingerprint density at radius 3 is 2.61 bits per heavy atom. The number of hydrogen-bond donors (Lipinski definition) is 1. The van der Waals surface area contributed by atoms with E-state index < -0.39 is 0 Å². The van der Waals surface area contributed by atoms with Crippen molar-refractivity contribution in [3.63, 3.8) is 0 Å².